The van der Waals surface area contributed by atoms with Gasteiger partial charge in [0.25, 0.3) is 5.69 Å². The van der Waals surface area contributed by atoms with Gasteiger partial charge in [0, 0.05) is 24.5 Å². The number of amides is 1. The van der Waals surface area contributed by atoms with Gasteiger partial charge in [0.05, 0.1) is 16.7 Å². The number of carbonyl (C=O) groups is 2. The van der Waals surface area contributed by atoms with Crippen LogP contribution in [0.1, 0.15) is 23.2 Å². The highest BCUT2D eigenvalue weighted by Crippen LogP contribution is 2.28. The number of nitrogens with one attached hydrogen (secondary N) is 1. The number of phenols is 1. The van der Waals surface area contributed by atoms with Crippen molar-refractivity contribution < 1.29 is 24.0 Å². The van der Waals surface area contributed by atoms with Gasteiger partial charge in [-0.15, -0.1) is 0 Å². The van der Waals surface area contributed by atoms with Crippen molar-refractivity contribution in [1.29, 1.82) is 0 Å². The average Bonchev–Trinajstić information content (AvgIpc) is 2.55. The number of rotatable bonds is 6. The average molecular weight is 332 g/mol. The van der Waals surface area contributed by atoms with Crippen molar-refractivity contribution in [2.24, 2.45) is 0 Å². The Morgan fingerprint density at radius 2 is 1.79 bits per heavy atom. The van der Waals surface area contributed by atoms with E-state index in [2.05, 4.69) is 5.32 Å². The first kappa shape index (κ1) is 17.1. The highest BCUT2D eigenvalue weighted by molar-refractivity contribution is 6.00. The molecule has 2 rings (SSSR count). The van der Waals surface area contributed by atoms with Crippen LogP contribution < -0.4 is 5.32 Å². The van der Waals surface area contributed by atoms with Crippen LogP contribution in [0, 0.1) is 15.9 Å². The molecule has 0 aromatic heterocycles. The molecule has 124 valence electrons. The van der Waals surface area contributed by atoms with E-state index < -0.39 is 22.4 Å². The minimum absolute atomic E-state index is 0.0137. The number of carbonyl (C=O) groups excluding carboxylic acids is 2. The Labute approximate surface area is 135 Å². The number of ketones is 1. The predicted molar refractivity (Wildman–Crippen MR) is 83.4 cm³/mol. The Balaban J connectivity index is 1.92. The molecule has 0 fully saturated rings. The molecule has 0 saturated carbocycles. The molecule has 7 nitrogen and oxygen atoms in total. The molecule has 0 unspecified atom stereocenters. The second kappa shape index (κ2) is 7.32. The highest BCUT2D eigenvalue weighted by atomic mass is 19.1. The van der Waals surface area contributed by atoms with Gasteiger partial charge in [-0.3, -0.25) is 19.7 Å². The number of phenolic OH excluding ortho intramolecular Hbond substituents is 1. The molecular weight excluding hydrogens is 319 g/mol. The lowest BCUT2D eigenvalue weighted by Crippen LogP contribution is -2.13. The van der Waals surface area contributed by atoms with Crippen LogP contribution in [-0.4, -0.2) is 21.7 Å². The number of hydrogen-bond acceptors (Lipinski definition) is 5. The van der Waals surface area contributed by atoms with E-state index in [1.165, 1.54) is 18.2 Å². The van der Waals surface area contributed by atoms with Crippen LogP contribution in [0.25, 0.3) is 0 Å². The molecule has 0 saturated heterocycles. The zero-order valence-electron chi connectivity index (χ0n) is 12.4. The molecule has 0 aliphatic rings. The third kappa shape index (κ3) is 4.35. The number of anilines is 1. The number of nitro groups is 1. The lowest BCUT2D eigenvalue weighted by Gasteiger charge is -2.07. The van der Waals surface area contributed by atoms with Gasteiger partial charge in [-0.05, 0) is 30.3 Å². The van der Waals surface area contributed by atoms with Gasteiger partial charge < -0.3 is 10.4 Å². The fourth-order valence-corrected chi connectivity index (χ4v) is 1.96. The molecular formula is C16H13FN2O5. The molecule has 2 aromatic carbocycles. The van der Waals surface area contributed by atoms with E-state index in [0.717, 1.165) is 24.3 Å². The van der Waals surface area contributed by atoms with Crippen LogP contribution in [0.4, 0.5) is 15.8 Å². The van der Waals surface area contributed by atoms with Crippen LogP contribution in [-0.2, 0) is 4.79 Å². The molecule has 1 amide bonds. The Hall–Kier alpha value is -3.29. The summed E-state index contributed by atoms with van der Waals surface area (Å²) in [6, 6.07) is 8.23. The first-order valence-electron chi connectivity index (χ1n) is 6.93. The predicted octanol–water partition coefficient (Wildman–Crippen LogP) is 3.04. The summed E-state index contributed by atoms with van der Waals surface area (Å²) in [7, 11) is 0. The van der Waals surface area contributed by atoms with E-state index in [9.17, 15) is 29.2 Å². The van der Waals surface area contributed by atoms with Crippen LogP contribution >= 0.6 is 0 Å². The van der Waals surface area contributed by atoms with E-state index >= 15 is 0 Å². The smallest absolute Gasteiger partial charge is 0.273 e. The Morgan fingerprint density at radius 1 is 1.12 bits per heavy atom. The van der Waals surface area contributed by atoms with E-state index in [0.29, 0.717) is 5.56 Å². The van der Waals surface area contributed by atoms with Gasteiger partial charge in [0.1, 0.15) is 11.6 Å². The third-order valence-corrected chi connectivity index (χ3v) is 3.21. The Kier molecular flexibility index (Phi) is 5.20. The SMILES string of the molecule is O=C(CCC(=O)c1ccc(F)cc1)Nc1ccc([N+](=O)[O-])cc1O. The lowest BCUT2D eigenvalue weighted by atomic mass is 10.1. The van der Waals surface area contributed by atoms with Crippen molar-refractivity contribution >= 4 is 23.1 Å². The van der Waals surface area contributed by atoms with Crippen molar-refractivity contribution in [3.05, 3.63) is 64.0 Å². The first-order valence-corrected chi connectivity index (χ1v) is 6.93. The van der Waals surface area contributed by atoms with Crippen molar-refractivity contribution in [3.8, 4) is 5.75 Å². The maximum atomic E-state index is 12.8. The summed E-state index contributed by atoms with van der Waals surface area (Å²) < 4.78 is 12.8. The first-order chi connectivity index (χ1) is 11.4. The quantitative estimate of drug-likeness (QED) is 0.366. The normalized spacial score (nSPS) is 10.2. The summed E-state index contributed by atoms with van der Waals surface area (Å²) in [4.78, 5) is 33.6. The molecule has 24 heavy (non-hydrogen) atoms. The van der Waals surface area contributed by atoms with Crippen LogP contribution in [0.15, 0.2) is 42.5 Å². The summed E-state index contributed by atoms with van der Waals surface area (Å²) in [5.41, 5.74) is -0.000740. The van der Waals surface area contributed by atoms with E-state index in [1.807, 2.05) is 0 Å². The molecule has 0 spiro atoms. The zero-order chi connectivity index (χ0) is 17.7. The molecule has 0 heterocycles. The van der Waals surface area contributed by atoms with Crippen LogP contribution in [0.5, 0.6) is 5.75 Å². The molecule has 0 atom stereocenters. The fraction of sp³-hybridized carbons (Fsp3) is 0.125. The van der Waals surface area contributed by atoms with Crippen molar-refractivity contribution in [2.45, 2.75) is 12.8 Å². The summed E-state index contributed by atoms with van der Waals surface area (Å²) >= 11 is 0. The van der Waals surface area contributed by atoms with Crippen molar-refractivity contribution in [2.75, 3.05) is 5.32 Å². The topological polar surface area (TPSA) is 110 Å². The minimum atomic E-state index is -0.674. The van der Waals surface area contributed by atoms with Gasteiger partial charge in [0.2, 0.25) is 5.91 Å². The van der Waals surface area contributed by atoms with Gasteiger partial charge in [-0.2, -0.15) is 0 Å². The molecule has 8 heteroatoms. The number of halogens is 1. The van der Waals surface area contributed by atoms with Gasteiger partial charge in [-0.1, -0.05) is 0 Å². The zero-order valence-corrected chi connectivity index (χ0v) is 12.4. The number of nitrogens with zero attached hydrogens (tertiary/aromatic N) is 1. The van der Waals surface area contributed by atoms with Gasteiger partial charge in [0.15, 0.2) is 5.78 Å². The molecule has 2 N–H and O–H groups in total. The maximum Gasteiger partial charge on any atom is 0.273 e. The maximum absolute atomic E-state index is 12.8. The number of non-ortho nitro benzene ring substituents is 1. The van der Waals surface area contributed by atoms with Crippen LogP contribution in [0.2, 0.25) is 0 Å². The number of nitro benzene ring substituents is 1. The monoisotopic (exact) mass is 332 g/mol. The van der Waals surface area contributed by atoms with Crippen molar-refractivity contribution in [1.82, 2.24) is 0 Å². The summed E-state index contributed by atoms with van der Waals surface area (Å²) in [5.74, 6) is -1.76. The Bertz CT molecular complexity index is 790. The van der Waals surface area contributed by atoms with Gasteiger partial charge in [-0.25, -0.2) is 4.39 Å². The molecule has 0 radical (unpaired) electrons. The van der Waals surface area contributed by atoms with Crippen molar-refractivity contribution in [3.63, 3.8) is 0 Å². The fourth-order valence-electron chi connectivity index (χ4n) is 1.96. The summed E-state index contributed by atoms with van der Waals surface area (Å²) in [6.07, 6.45) is -0.238. The molecule has 0 bridgehead atoms. The van der Waals surface area contributed by atoms with E-state index in [4.69, 9.17) is 0 Å². The summed E-state index contributed by atoms with van der Waals surface area (Å²) in [5, 5.41) is 22.6. The lowest BCUT2D eigenvalue weighted by molar-refractivity contribution is -0.384. The minimum Gasteiger partial charge on any atom is -0.506 e. The Morgan fingerprint density at radius 3 is 2.38 bits per heavy atom. The molecule has 2 aromatic rings. The van der Waals surface area contributed by atoms with E-state index in [-0.39, 0.29) is 30.0 Å². The number of Topliss-reactive ketones (excluding diaryl/α,β-unsaturated/α-hetero) is 1. The van der Waals surface area contributed by atoms with Gasteiger partial charge >= 0.3 is 0 Å². The largest absolute Gasteiger partial charge is 0.506 e. The molecule has 0 aliphatic carbocycles. The highest BCUT2D eigenvalue weighted by Gasteiger charge is 2.14. The summed E-state index contributed by atoms with van der Waals surface area (Å²) in [6.45, 7) is 0. The second-order valence-corrected chi connectivity index (χ2v) is 4.94. The number of hydrogen-bond donors (Lipinski definition) is 2. The third-order valence-electron chi connectivity index (χ3n) is 3.21. The second-order valence-electron chi connectivity index (χ2n) is 4.94. The van der Waals surface area contributed by atoms with E-state index in [1.54, 1.807) is 0 Å². The molecule has 0 aliphatic heterocycles. The standard InChI is InChI=1S/C16H13FN2O5/c17-11-3-1-10(2-4-11)14(20)7-8-16(22)18-13-6-5-12(19(23)24)9-15(13)21/h1-6,9,21H,7-8H2,(H,18,22). The van der Waals surface area contributed by atoms with Crippen LogP contribution in [0.3, 0.4) is 0 Å². The number of benzene rings is 2. The number of aromatic hydroxyl groups is 1.